The van der Waals surface area contributed by atoms with E-state index in [4.69, 9.17) is 19.3 Å². The third kappa shape index (κ3) is 3.87. The lowest BCUT2D eigenvalue weighted by atomic mass is 10.0. The first kappa shape index (κ1) is 22.0. The van der Waals surface area contributed by atoms with Gasteiger partial charge in [-0.05, 0) is 0 Å². The molecule has 2 saturated heterocycles. The van der Waals surface area contributed by atoms with Crippen LogP contribution in [-0.2, 0) is 14.2 Å². The Labute approximate surface area is 162 Å². The molecule has 29 heavy (non-hydrogen) atoms. The van der Waals surface area contributed by atoms with Gasteiger partial charge in [-0.15, -0.1) is 0 Å². The number of H-pyrrole nitrogens is 1. The van der Waals surface area contributed by atoms with Gasteiger partial charge in [-0.3, -0.25) is 14.3 Å². The summed E-state index contributed by atoms with van der Waals surface area (Å²) < 4.78 is 32.0. The topological polar surface area (TPSA) is 184 Å². The first-order valence-corrected chi connectivity index (χ1v) is 8.95. The van der Waals surface area contributed by atoms with Crippen molar-refractivity contribution >= 4 is 0 Å². The van der Waals surface area contributed by atoms with Gasteiger partial charge in [-0.25, -0.2) is 9.18 Å². The quantitative estimate of drug-likeness (QED) is 0.271. The summed E-state index contributed by atoms with van der Waals surface area (Å²) in [4.78, 5) is 25.1. The Balaban J connectivity index is 1.83. The van der Waals surface area contributed by atoms with Gasteiger partial charge in [0.05, 0.1) is 6.61 Å². The minimum absolute atomic E-state index is 0.429. The fourth-order valence-corrected chi connectivity index (χ4v) is 3.38. The maximum atomic E-state index is 15.6. The highest BCUT2D eigenvalue weighted by Crippen LogP contribution is 2.40. The fourth-order valence-electron chi connectivity index (χ4n) is 3.38. The zero-order valence-corrected chi connectivity index (χ0v) is 15.3. The third-order valence-corrected chi connectivity index (χ3v) is 5.08. The summed E-state index contributed by atoms with van der Waals surface area (Å²) in [5, 5.41) is 49.4. The van der Waals surface area contributed by atoms with Crippen LogP contribution in [0.5, 0.6) is 0 Å². The van der Waals surface area contributed by atoms with Gasteiger partial charge in [0, 0.05) is 18.7 Å². The predicted octanol–water partition coefficient (Wildman–Crippen LogP) is -3.31. The number of hydrogen-bond donors (Lipinski definition) is 6. The minimum atomic E-state index is -2.81. The van der Waals surface area contributed by atoms with Crippen LogP contribution in [0.25, 0.3) is 0 Å². The maximum Gasteiger partial charge on any atom is 0.330 e. The third-order valence-electron chi connectivity index (χ3n) is 5.08. The van der Waals surface area contributed by atoms with Gasteiger partial charge >= 0.3 is 5.69 Å². The molecule has 0 aromatic carbocycles. The highest BCUT2D eigenvalue weighted by Gasteiger charge is 2.57. The first-order valence-electron chi connectivity index (χ1n) is 8.95. The summed E-state index contributed by atoms with van der Waals surface area (Å²) in [7, 11) is 0. The van der Waals surface area contributed by atoms with E-state index < -0.39 is 79.3 Å². The lowest BCUT2D eigenvalue weighted by molar-refractivity contribution is -0.313. The molecule has 2 unspecified atom stereocenters. The maximum absolute atomic E-state index is 15.6. The van der Waals surface area contributed by atoms with Crippen molar-refractivity contribution in [3.8, 4) is 0 Å². The molecule has 2 aliphatic heterocycles. The molecule has 9 atom stereocenters. The van der Waals surface area contributed by atoms with Gasteiger partial charge in [0.25, 0.3) is 5.56 Å². The van der Waals surface area contributed by atoms with E-state index >= 15 is 4.39 Å². The standard InChI is InChI=1S/C16H23FN2O10/c1-2-16(17,29-14-11(25)8(22)6(5-20)27-14)12-9(23)10(24)13(28-12)19-4-3-7(21)18-15(19)26/h3-4,6,8-14,20,22-25H,2,5H2,1H3,(H,18,21,26)/t6-,8-,9+,10-,11+,12+,13-,14?,16?/m1/s1. The predicted molar refractivity (Wildman–Crippen MR) is 90.2 cm³/mol. The van der Waals surface area contributed by atoms with Crippen molar-refractivity contribution in [3.05, 3.63) is 33.1 Å². The molecule has 2 aliphatic rings. The molecule has 2 fully saturated rings. The van der Waals surface area contributed by atoms with E-state index in [0.29, 0.717) is 0 Å². The molecule has 0 bridgehead atoms. The summed E-state index contributed by atoms with van der Waals surface area (Å²) >= 11 is 0. The number of aromatic nitrogens is 2. The van der Waals surface area contributed by atoms with Crippen molar-refractivity contribution < 1.29 is 44.1 Å². The largest absolute Gasteiger partial charge is 0.394 e. The molecule has 13 heteroatoms. The van der Waals surface area contributed by atoms with Crippen LogP contribution in [0.2, 0.25) is 0 Å². The van der Waals surface area contributed by atoms with Crippen LogP contribution >= 0.6 is 0 Å². The molecule has 0 spiro atoms. The van der Waals surface area contributed by atoms with E-state index in [-0.39, 0.29) is 0 Å². The second-order valence-corrected chi connectivity index (χ2v) is 6.91. The van der Waals surface area contributed by atoms with Gasteiger partial charge in [0.15, 0.2) is 12.5 Å². The number of aliphatic hydroxyl groups excluding tert-OH is 5. The van der Waals surface area contributed by atoms with E-state index in [1.165, 1.54) is 6.92 Å². The Morgan fingerprint density at radius 3 is 2.41 bits per heavy atom. The molecule has 0 radical (unpaired) electrons. The second kappa shape index (κ2) is 8.20. The molecule has 1 aromatic heterocycles. The van der Waals surface area contributed by atoms with Crippen LogP contribution in [0.1, 0.15) is 19.6 Å². The summed E-state index contributed by atoms with van der Waals surface area (Å²) in [5.74, 6) is -2.81. The molecule has 3 heterocycles. The molecular formula is C16H23FN2O10. The van der Waals surface area contributed by atoms with Crippen LogP contribution in [-0.4, -0.2) is 90.5 Å². The Morgan fingerprint density at radius 1 is 1.17 bits per heavy atom. The Kier molecular flexibility index (Phi) is 6.21. The Morgan fingerprint density at radius 2 is 1.86 bits per heavy atom. The van der Waals surface area contributed by atoms with Crippen molar-refractivity contribution in [2.24, 2.45) is 0 Å². The molecule has 0 aliphatic carbocycles. The van der Waals surface area contributed by atoms with Crippen molar-refractivity contribution in [1.29, 1.82) is 0 Å². The van der Waals surface area contributed by atoms with Gasteiger partial charge in [-0.2, -0.15) is 0 Å². The van der Waals surface area contributed by atoms with E-state index in [0.717, 1.165) is 16.8 Å². The zero-order valence-electron chi connectivity index (χ0n) is 15.3. The SMILES string of the molecule is CCC(F)(OC1O[C@H](CO)[C@@H](O)[C@@H]1O)[C@H]1O[C@@H](n2ccc(=O)[nH]c2=O)[C@H](O)[C@@H]1O. The van der Waals surface area contributed by atoms with Crippen LogP contribution in [0.15, 0.2) is 21.9 Å². The molecule has 1 aromatic rings. The van der Waals surface area contributed by atoms with Crippen molar-refractivity contribution in [2.45, 2.75) is 68.3 Å². The van der Waals surface area contributed by atoms with Crippen LogP contribution in [0, 0.1) is 0 Å². The Hall–Kier alpha value is -1.71. The summed E-state index contributed by atoms with van der Waals surface area (Å²) in [6.07, 6.45) is -12.5. The van der Waals surface area contributed by atoms with E-state index in [9.17, 15) is 30.0 Å². The number of nitrogens with one attached hydrogen (secondary N) is 1. The molecule has 0 saturated carbocycles. The van der Waals surface area contributed by atoms with Crippen molar-refractivity contribution in [1.82, 2.24) is 9.55 Å². The summed E-state index contributed by atoms with van der Waals surface area (Å²) in [6.45, 7) is 0.686. The number of aromatic amines is 1. The average molecular weight is 422 g/mol. The van der Waals surface area contributed by atoms with Crippen LogP contribution in [0.4, 0.5) is 4.39 Å². The monoisotopic (exact) mass is 422 g/mol. The fraction of sp³-hybridized carbons (Fsp3) is 0.750. The number of nitrogens with zero attached hydrogens (tertiary/aromatic N) is 1. The van der Waals surface area contributed by atoms with Crippen LogP contribution in [0.3, 0.4) is 0 Å². The highest BCUT2D eigenvalue weighted by molar-refractivity contribution is 4.99. The molecule has 12 nitrogen and oxygen atoms in total. The normalized spacial score (nSPS) is 39.6. The average Bonchev–Trinajstić information content (AvgIpc) is 3.13. The van der Waals surface area contributed by atoms with Gasteiger partial charge < -0.3 is 39.7 Å². The molecule has 6 N–H and O–H groups in total. The minimum Gasteiger partial charge on any atom is -0.394 e. The summed E-state index contributed by atoms with van der Waals surface area (Å²) in [6, 6.07) is 0.981. The zero-order chi connectivity index (χ0) is 21.5. The van der Waals surface area contributed by atoms with Gasteiger partial charge in [0.2, 0.25) is 5.85 Å². The highest BCUT2D eigenvalue weighted by atomic mass is 19.2. The molecule has 3 rings (SSSR count). The number of alkyl halides is 1. The van der Waals surface area contributed by atoms with Crippen molar-refractivity contribution in [2.75, 3.05) is 6.61 Å². The van der Waals surface area contributed by atoms with E-state index in [1.807, 2.05) is 4.98 Å². The number of rotatable bonds is 6. The van der Waals surface area contributed by atoms with Crippen molar-refractivity contribution in [3.63, 3.8) is 0 Å². The van der Waals surface area contributed by atoms with Gasteiger partial charge in [-0.1, -0.05) is 6.92 Å². The van der Waals surface area contributed by atoms with E-state index in [1.54, 1.807) is 0 Å². The van der Waals surface area contributed by atoms with Crippen LogP contribution < -0.4 is 11.2 Å². The first-order chi connectivity index (χ1) is 13.6. The summed E-state index contributed by atoms with van der Waals surface area (Å²) in [5.41, 5.74) is -1.64. The Bertz CT molecular complexity index is 832. The number of aliphatic hydroxyl groups is 5. The lowest BCUT2D eigenvalue weighted by Gasteiger charge is -2.34. The van der Waals surface area contributed by atoms with Gasteiger partial charge in [0.1, 0.15) is 36.6 Å². The smallest absolute Gasteiger partial charge is 0.330 e. The molecule has 164 valence electrons. The number of ether oxygens (including phenoxy) is 3. The second-order valence-electron chi connectivity index (χ2n) is 6.91. The lowest BCUT2D eigenvalue weighted by Crippen LogP contribution is -2.51. The molecule has 0 amide bonds. The number of halogens is 1. The van der Waals surface area contributed by atoms with E-state index in [2.05, 4.69) is 0 Å². The number of hydrogen-bond acceptors (Lipinski definition) is 10. The molecular weight excluding hydrogens is 399 g/mol.